The number of aromatic nitrogens is 2. The molecule has 0 spiro atoms. The van der Waals surface area contributed by atoms with Crippen molar-refractivity contribution in [3.05, 3.63) is 46.5 Å². The van der Waals surface area contributed by atoms with Crippen molar-refractivity contribution in [3.8, 4) is 22.9 Å². The van der Waals surface area contributed by atoms with E-state index < -0.39 is 0 Å². The highest BCUT2D eigenvalue weighted by Gasteiger charge is 2.22. The zero-order valence-corrected chi connectivity index (χ0v) is 16.6. The number of nitrogens with zero attached hydrogens (tertiary/aromatic N) is 3. The predicted molar refractivity (Wildman–Crippen MR) is 105 cm³/mol. The molecular weight excluding hydrogens is 378 g/mol. The average Bonchev–Trinajstić information content (AvgIpc) is 3.48. The highest BCUT2D eigenvalue weighted by Crippen LogP contribution is 2.35. The van der Waals surface area contributed by atoms with Crippen LogP contribution in [0.25, 0.3) is 11.4 Å². The number of benzene rings is 1. The Balaban J connectivity index is 1.46. The second kappa shape index (κ2) is 8.02. The summed E-state index contributed by atoms with van der Waals surface area (Å²) < 4.78 is 16.1. The molecule has 146 valence electrons. The Morgan fingerprint density at radius 3 is 2.93 bits per heavy atom. The third-order valence-corrected chi connectivity index (χ3v) is 5.64. The number of hydrogen-bond acceptors (Lipinski definition) is 7. The Labute approximate surface area is 166 Å². The standard InChI is InChI=1S/C20H21N3O4S/c1-3-13(2)23(20(24)17-5-4-10-28-17)9-8-18-21-19(22-27-18)14-6-7-15-16(11-14)26-12-25-15/h4-7,10-11,13H,3,8-9,12H2,1-2H3. The Morgan fingerprint density at radius 2 is 2.14 bits per heavy atom. The summed E-state index contributed by atoms with van der Waals surface area (Å²) in [5, 5.41) is 5.98. The molecule has 1 amide bonds. The molecule has 3 aromatic rings. The molecule has 1 aliphatic heterocycles. The molecule has 0 N–H and O–H groups in total. The van der Waals surface area contributed by atoms with Crippen molar-refractivity contribution in [1.29, 1.82) is 0 Å². The highest BCUT2D eigenvalue weighted by molar-refractivity contribution is 7.12. The minimum Gasteiger partial charge on any atom is -0.454 e. The first-order valence-electron chi connectivity index (χ1n) is 9.22. The minimum atomic E-state index is 0.0415. The van der Waals surface area contributed by atoms with Crippen LogP contribution >= 0.6 is 11.3 Å². The largest absolute Gasteiger partial charge is 0.454 e. The summed E-state index contributed by atoms with van der Waals surface area (Å²) in [7, 11) is 0. The molecular formula is C20H21N3O4S. The smallest absolute Gasteiger partial charge is 0.264 e. The van der Waals surface area contributed by atoms with E-state index in [2.05, 4.69) is 24.0 Å². The summed E-state index contributed by atoms with van der Waals surface area (Å²) in [6.45, 7) is 4.87. The predicted octanol–water partition coefficient (Wildman–Crippen LogP) is 4.01. The van der Waals surface area contributed by atoms with E-state index in [1.54, 1.807) is 0 Å². The van der Waals surface area contributed by atoms with Crippen LogP contribution in [0.3, 0.4) is 0 Å². The Bertz CT molecular complexity index is 954. The zero-order chi connectivity index (χ0) is 19.5. The first-order valence-corrected chi connectivity index (χ1v) is 10.1. The molecule has 1 unspecified atom stereocenters. The van der Waals surface area contributed by atoms with Gasteiger partial charge < -0.3 is 18.9 Å². The van der Waals surface area contributed by atoms with Crippen LogP contribution in [0.5, 0.6) is 11.5 Å². The number of fused-ring (bicyclic) bond motifs is 1. The van der Waals surface area contributed by atoms with Crippen molar-refractivity contribution in [1.82, 2.24) is 15.0 Å². The van der Waals surface area contributed by atoms with Crippen LogP contribution < -0.4 is 9.47 Å². The molecule has 0 fully saturated rings. The van der Waals surface area contributed by atoms with Crippen LogP contribution in [0.4, 0.5) is 0 Å². The van der Waals surface area contributed by atoms with Gasteiger partial charge >= 0.3 is 0 Å². The van der Waals surface area contributed by atoms with Gasteiger partial charge in [0.25, 0.3) is 5.91 Å². The highest BCUT2D eigenvalue weighted by atomic mass is 32.1. The lowest BCUT2D eigenvalue weighted by atomic mass is 10.2. The average molecular weight is 399 g/mol. The molecule has 1 aliphatic rings. The van der Waals surface area contributed by atoms with E-state index in [-0.39, 0.29) is 18.7 Å². The van der Waals surface area contributed by atoms with E-state index in [1.807, 2.05) is 40.6 Å². The molecule has 1 atom stereocenters. The molecule has 0 aliphatic carbocycles. The fourth-order valence-electron chi connectivity index (χ4n) is 3.01. The lowest BCUT2D eigenvalue weighted by Gasteiger charge is -2.27. The Morgan fingerprint density at radius 1 is 1.29 bits per heavy atom. The first kappa shape index (κ1) is 18.5. The van der Waals surface area contributed by atoms with E-state index >= 15 is 0 Å². The topological polar surface area (TPSA) is 77.7 Å². The van der Waals surface area contributed by atoms with Crippen molar-refractivity contribution in [3.63, 3.8) is 0 Å². The molecule has 7 nitrogen and oxygen atoms in total. The van der Waals surface area contributed by atoms with Crippen LogP contribution in [0, 0.1) is 0 Å². The minimum absolute atomic E-state index is 0.0415. The first-order chi connectivity index (χ1) is 13.7. The fourth-order valence-corrected chi connectivity index (χ4v) is 3.69. The Hall–Kier alpha value is -2.87. The summed E-state index contributed by atoms with van der Waals surface area (Å²) in [5.74, 6) is 2.42. The van der Waals surface area contributed by atoms with Gasteiger partial charge in [-0.3, -0.25) is 4.79 Å². The van der Waals surface area contributed by atoms with E-state index in [0.29, 0.717) is 36.2 Å². The van der Waals surface area contributed by atoms with Gasteiger partial charge in [0, 0.05) is 24.6 Å². The molecule has 28 heavy (non-hydrogen) atoms. The van der Waals surface area contributed by atoms with Gasteiger partial charge in [-0.2, -0.15) is 4.98 Å². The van der Waals surface area contributed by atoms with Gasteiger partial charge in [0.15, 0.2) is 11.5 Å². The maximum atomic E-state index is 12.8. The van der Waals surface area contributed by atoms with Crippen molar-refractivity contribution in [2.45, 2.75) is 32.7 Å². The van der Waals surface area contributed by atoms with Gasteiger partial charge in [0.1, 0.15) is 0 Å². The van der Waals surface area contributed by atoms with Crippen LogP contribution in [0.1, 0.15) is 35.8 Å². The molecule has 0 radical (unpaired) electrons. The third-order valence-electron chi connectivity index (χ3n) is 4.78. The molecule has 0 saturated carbocycles. The van der Waals surface area contributed by atoms with Crippen LogP contribution in [0.2, 0.25) is 0 Å². The summed E-state index contributed by atoms with van der Waals surface area (Å²) in [5.41, 5.74) is 0.799. The lowest BCUT2D eigenvalue weighted by Crippen LogP contribution is -2.39. The van der Waals surface area contributed by atoms with E-state index in [1.165, 1.54) is 11.3 Å². The molecule has 4 rings (SSSR count). The number of ether oxygens (including phenoxy) is 2. The maximum Gasteiger partial charge on any atom is 0.264 e. The summed E-state index contributed by atoms with van der Waals surface area (Å²) in [6, 6.07) is 9.41. The van der Waals surface area contributed by atoms with Crippen molar-refractivity contribution in [2.75, 3.05) is 13.3 Å². The van der Waals surface area contributed by atoms with Gasteiger partial charge in [-0.25, -0.2) is 0 Å². The number of amides is 1. The molecule has 8 heteroatoms. The molecule has 3 heterocycles. The molecule has 0 saturated heterocycles. The quantitative estimate of drug-likeness (QED) is 0.597. The van der Waals surface area contributed by atoms with Crippen LogP contribution in [0.15, 0.2) is 40.2 Å². The van der Waals surface area contributed by atoms with Gasteiger partial charge in [0.2, 0.25) is 18.5 Å². The summed E-state index contributed by atoms with van der Waals surface area (Å²) in [6.07, 6.45) is 1.38. The van der Waals surface area contributed by atoms with Gasteiger partial charge in [-0.15, -0.1) is 11.3 Å². The maximum absolute atomic E-state index is 12.8. The molecule has 1 aromatic carbocycles. The summed E-state index contributed by atoms with van der Waals surface area (Å²) >= 11 is 1.46. The second-order valence-electron chi connectivity index (χ2n) is 6.56. The van der Waals surface area contributed by atoms with Crippen molar-refractivity contribution in [2.24, 2.45) is 0 Å². The zero-order valence-electron chi connectivity index (χ0n) is 15.8. The number of carbonyl (C=O) groups is 1. The lowest BCUT2D eigenvalue weighted by molar-refractivity contribution is 0.0691. The van der Waals surface area contributed by atoms with Crippen LogP contribution in [-0.2, 0) is 6.42 Å². The number of hydrogen-bond donors (Lipinski definition) is 0. The molecule has 2 aromatic heterocycles. The number of rotatable bonds is 7. The van der Waals surface area contributed by atoms with Crippen molar-refractivity contribution >= 4 is 17.2 Å². The van der Waals surface area contributed by atoms with E-state index in [0.717, 1.165) is 16.9 Å². The van der Waals surface area contributed by atoms with Crippen LogP contribution in [-0.4, -0.2) is 40.3 Å². The Kier molecular flexibility index (Phi) is 5.29. The van der Waals surface area contributed by atoms with E-state index in [9.17, 15) is 4.79 Å². The van der Waals surface area contributed by atoms with Crippen molar-refractivity contribution < 1.29 is 18.8 Å². The normalized spacial score (nSPS) is 13.5. The molecule has 0 bridgehead atoms. The van der Waals surface area contributed by atoms with E-state index in [4.69, 9.17) is 14.0 Å². The summed E-state index contributed by atoms with van der Waals surface area (Å²) in [4.78, 5) is 19.9. The third kappa shape index (κ3) is 3.73. The van der Waals surface area contributed by atoms with Gasteiger partial charge in [-0.1, -0.05) is 18.1 Å². The fraction of sp³-hybridized carbons (Fsp3) is 0.350. The number of carbonyl (C=O) groups excluding carboxylic acids is 1. The second-order valence-corrected chi connectivity index (χ2v) is 7.51. The SMILES string of the molecule is CCC(C)N(CCc1nc(-c2ccc3c(c2)OCO3)no1)C(=O)c1cccs1. The monoisotopic (exact) mass is 399 g/mol. The number of thiophene rings is 1. The van der Waals surface area contributed by atoms with Gasteiger partial charge in [-0.05, 0) is 43.0 Å². The van der Waals surface area contributed by atoms with Gasteiger partial charge in [0.05, 0.1) is 4.88 Å².